The highest BCUT2D eigenvalue weighted by Crippen LogP contribution is 2.35. The van der Waals surface area contributed by atoms with Crippen molar-refractivity contribution < 1.29 is 13.2 Å². The molecular weight excluding hydrogens is 402 g/mol. The molecule has 0 saturated carbocycles. The van der Waals surface area contributed by atoms with Crippen molar-refractivity contribution in [3.8, 4) is 23.1 Å². The molecule has 1 N–H and O–H groups in total. The van der Waals surface area contributed by atoms with E-state index in [1.807, 2.05) is 0 Å². The summed E-state index contributed by atoms with van der Waals surface area (Å²) in [4.78, 5) is 12.2. The first-order chi connectivity index (χ1) is 14.5. The number of nitrogens with one attached hydrogen (secondary N) is 1. The number of rotatable bonds is 5. The van der Waals surface area contributed by atoms with Gasteiger partial charge in [0.15, 0.2) is 0 Å². The molecule has 0 aliphatic carbocycles. The molecule has 0 saturated heterocycles. The molecule has 2 aromatic heterocycles. The van der Waals surface area contributed by atoms with Gasteiger partial charge < -0.3 is 4.74 Å². The van der Waals surface area contributed by atoms with Crippen LogP contribution in [0.2, 0.25) is 0 Å². The number of pyridine rings is 1. The van der Waals surface area contributed by atoms with E-state index < -0.39 is 10.0 Å². The first-order valence-corrected chi connectivity index (χ1v) is 10.3. The maximum absolute atomic E-state index is 12.7. The third kappa shape index (κ3) is 3.64. The summed E-state index contributed by atoms with van der Waals surface area (Å²) in [5, 5.41) is 10.6. The largest absolute Gasteiger partial charge is 0.496 e. The van der Waals surface area contributed by atoms with Crippen LogP contribution in [0.4, 0.5) is 5.82 Å². The van der Waals surface area contributed by atoms with E-state index in [4.69, 9.17) is 4.74 Å². The minimum Gasteiger partial charge on any atom is -0.496 e. The van der Waals surface area contributed by atoms with E-state index in [-0.39, 0.29) is 10.7 Å². The fraction of sp³-hybridized carbons (Fsp3) is 0.0476. The summed E-state index contributed by atoms with van der Waals surface area (Å²) in [6.07, 6.45) is 4.30. The van der Waals surface area contributed by atoms with Gasteiger partial charge in [0.25, 0.3) is 10.0 Å². The van der Waals surface area contributed by atoms with Crippen LogP contribution in [0.15, 0.2) is 72.1 Å². The summed E-state index contributed by atoms with van der Waals surface area (Å²) in [6, 6.07) is 15.1. The number of nitrogens with zero attached hydrogens (tertiary/aromatic N) is 4. The molecule has 148 valence electrons. The van der Waals surface area contributed by atoms with Crippen molar-refractivity contribution in [3.05, 3.63) is 72.8 Å². The lowest BCUT2D eigenvalue weighted by atomic mass is 10.0. The molecule has 0 atom stereocenters. The van der Waals surface area contributed by atoms with Crippen LogP contribution in [0.1, 0.15) is 5.56 Å². The van der Waals surface area contributed by atoms with Gasteiger partial charge in [-0.15, -0.1) is 0 Å². The highest BCUT2D eigenvalue weighted by Gasteiger charge is 2.17. The van der Waals surface area contributed by atoms with Crippen molar-refractivity contribution >= 4 is 26.6 Å². The second kappa shape index (κ2) is 7.77. The summed E-state index contributed by atoms with van der Waals surface area (Å²) in [5.41, 5.74) is 1.71. The predicted octanol–water partition coefficient (Wildman–Crippen LogP) is 3.37. The number of methoxy groups -OCH3 is 1. The lowest BCUT2D eigenvalue weighted by Gasteiger charge is -2.12. The Bertz CT molecular complexity index is 1380. The summed E-state index contributed by atoms with van der Waals surface area (Å²) in [6.45, 7) is 0. The van der Waals surface area contributed by atoms with Crippen LogP contribution in [-0.2, 0) is 10.0 Å². The van der Waals surface area contributed by atoms with Gasteiger partial charge in [0.05, 0.1) is 29.3 Å². The minimum absolute atomic E-state index is 0.0866. The highest BCUT2D eigenvalue weighted by atomic mass is 32.2. The number of ether oxygens (including phenoxy) is 1. The second-order valence-electron chi connectivity index (χ2n) is 6.27. The normalized spacial score (nSPS) is 11.1. The Kier molecular flexibility index (Phi) is 5.00. The molecule has 0 amide bonds. The van der Waals surface area contributed by atoms with E-state index in [0.29, 0.717) is 28.0 Å². The van der Waals surface area contributed by atoms with E-state index in [1.165, 1.54) is 24.7 Å². The molecule has 8 nitrogen and oxygen atoms in total. The van der Waals surface area contributed by atoms with Crippen molar-refractivity contribution in [3.63, 3.8) is 0 Å². The zero-order valence-electron chi connectivity index (χ0n) is 15.8. The Hall–Kier alpha value is -4.03. The lowest BCUT2D eigenvalue weighted by Crippen LogP contribution is -2.13. The summed E-state index contributed by atoms with van der Waals surface area (Å²) in [7, 11) is -2.29. The summed E-state index contributed by atoms with van der Waals surface area (Å²) in [5.74, 6) is 0.745. The van der Waals surface area contributed by atoms with Crippen molar-refractivity contribution in [2.75, 3.05) is 11.8 Å². The fourth-order valence-electron chi connectivity index (χ4n) is 3.05. The van der Waals surface area contributed by atoms with Crippen molar-refractivity contribution in [2.24, 2.45) is 0 Å². The molecule has 0 aliphatic heterocycles. The first kappa shape index (κ1) is 19.3. The van der Waals surface area contributed by atoms with E-state index in [9.17, 15) is 13.7 Å². The monoisotopic (exact) mass is 417 g/mol. The molecule has 0 bridgehead atoms. The van der Waals surface area contributed by atoms with Gasteiger partial charge in [-0.2, -0.15) is 5.26 Å². The summed E-state index contributed by atoms with van der Waals surface area (Å²) < 4.78 is 33.3. The smallest absolute Gasteiger partial charge is 0.263 e. The van der Waals surface area contributed by atoms with E-state index in [1.54, 1.807) is 49.7 Å². The SMILES string of the molecule is COc1ccc(C#N)cc1-c1nccc2cc(S(=O)(=O)Nc3ccncn3)ccc12. The Morgan fingerprint density at radius 3 is 2.63 bits per heavy atom. The predicted molar refractivity (Wildman–Crippen MR) is 111 cm³/mol. The van der Waals surface area contributed by atoms with Crippen molar-refractivity contribution in [1.82, 2.24) is 15.0 Å². The molecule has 2 heterocycles. The molecule has 0 radical (unpaired) electrons. The van der Waals surface area contributed by atoms with Gasteiger partial charge in [-0.3, -0.25) is 9.71 Å². The van der Waals surface area contributed by atoms with Gasteiger partial charge in [0.1, 0.15) is 17.9 Å². The quantitative estimate of drug-likeness (QED) is 0.529. The van der Waals surface area contributed by atoms with Crippen molar-refractivity contribution in [1.29, 1.82) is 5.26 Å². The van der Waals surface area contributed by atoms with Crippen LogP contribution in [0.5, 0.6) is 5.75 Å². The molecule has 0 fully saturated rings. The molecule has 0 unspecified atom stereocenters. The number of benzene rings is 2. The van der Waals surface area contributed by atoms with Crippen LogP contribution >= 0.6 is 0 Å². The maximum Gasteiger partial charge on any atom is 0.263 e. The molecule has 2 aromatic carbocycles. The number of anilines is 1. The van der Waals surface area contributed by atoms with Gasteiger partial charge in [-0.1, -0.05) is 6.07 Å². The standard InChI is InChI=1S/C21H15N5O3S/c1-29-19-5-2-14(12-22)10-18(19)21-17-4-3-16(11-15(17)6-9-24-21)30(27,28)26-20-7-8-23-13-25-20/h2-11,13H,1H3,(H,23,25,26). The number of hydrogen-bond acceptors (Lipinski definition) is 7. The zero-order chi connectivity index (χ0) is 21.1. The topological polar surface area (TPSA) is 118 Å². The van der Waals surface area contributed by atoms with Crippen LogP contribution in [0.3, 0.4) is 0 Å². The van der Waals surface area contributed by atoms with E-state index >= 15 is 0 Å². The van der Waals surface area contributed by atoms with Gasteiger partial charge in [-0.05, 0) is 47.9 Å². The van der Waals surface area contributed by atoms with Crippen LogP contribution < -0.4 is 9.46 Å². The van der Waals surface area contributed by atoms with Gasteiger partial charge in [0.2, 0.25) is 0 Å². The highest BCUT2D eigenvalue weighted by molar-refractivity contribution is 7.92. The number of aromatic nitrogens is 3. The molecule has 9 heteroatoms. The Balaban J connectivity index is 1.81. The number of hydrogen-bond donors (Lipinski definition) is 1. The third-order valence-electron chi connectivity index (χ3n) is 4.45. The average Bonchev–Trinajstić information content (AvgIpc) is 2.78. The third-order valence-corrected chi connectivity index (χ3v) is 5.80. The molecule has 4 rings (SSSR count). The van der Waals surface area contributed by atoms with Gasteiger partial charge >= 0.3 is 0 Å². The van der Waals surface area contributed by atoms with E-state index in [0.717, 1.165) is 5.39 Å². The second-order valence-corrected chi connectivity index (χ2v) is 7.95. The lowest BCUT2D eigenvalue weighted by molar-refractivity contribution is 0.416. The molecule has 0 aliphatic rings. The number of fused-ring (bicyclic) bond motifs is 1. The molecular formula is C21H15N5O3S. The molecule has 4 aromatic rings. The van der Waals surface area contributed by atoms with Crippen molar-refractivity contribution in [2.45, 2.75) is 4.90 Å². The van der Waals surface area contributed by atoms with Crippen LogP contribution in [0, 0.1) is 11.3 Å². The average molecular weight is 417 g/mol. The number of nitriles is 1. The number of sulfonamides is 1. The maximum atomic E-state index is 12.7. The first-order valence-electron chi connectivity index (χ1n) is 8.78. The van der Waals surface area contributed by atoms with Crippen LogP contribution in [0.25, 0.3) is 22.0 Å². The Morgan fingerprint density at radius 2 is 1.90 bits per heavy atom. The zero-order valence-corrected chi connectivity index (χ0v) is 16.6. The fourth-order valence-corrected chi connectivity index (χ4v) is 4.09. The molecule has 30 heavy (non-hydrogen) atoms. The van der Waals surface area contributed by atoms with Crippen LogP contribution in [-0.4, -0.2) is 30.5 Å². The van der Waals surface area contributed by atoms with E-state index in [2.05, 4.69) is 25.7 Å². The Morgan fingerprint density at radius 1 is 1.03 bits per heavy atom. The summed E-state index contributed by atoms with van der Waals surface area (Å²) >= 11 is 0. The van der Waals surface area contributed by atoms with Gasteiger partial charge in [-0.25, -0.2) is 18.4 Å². The Labute approximate surface area is 172 Å². The minimum atomic E-state index is -3.83. The van der Waals surface area contributed by atoms with Gasteiger partial charge in [0, 0.05) is 23.3 Å². The molecule has 0 spiro atoms.